The summed E-state index contributed by atoms with van der Waals surface area (Å²) in [5, 5.41) is 32.1. The number of amides is 2. The Morgan fingerprint density at radius 3 is 2.40 bits per heavy atom. The molecule has 128 valence electrons. The molecule has 0 saturated carbocycles. The lowest BCUT2D eigenvalue weighted by molar-refractivity contribution is -0.134. The van der Waals surface area contributed by atoms with Crippen molar-refractivity contribution in [3.63, 3.8) is 0 Å². The summed E-state index contributed by atoms with van der Waals surface area (Å²) in [6, 6.07) is 9.69. The Bertz CT molecular complexity index is 887. The van der Waals surface area contributed by atoms with Crippen molar-refractivity contribution >= 4 is 17.9 Å². The van der Waals surface area contributed by atoms with E-state index < -0.39 is 17.4 Å². The molecule has 0 spiro atoms. The standard InChI is InChI=1S/C18H15NO6/c1-25-15-9-10(2-7-14(15)21)8-13-16(22)19-17(23)18(13,24)11-3-5-12(20)6-4-11/h2-9,20-21,24H,1H3,(H,19,22,23). The summed E-state index contributed by atoms with van der Waals surface area (Å²) in [7, 11) is 1.38. The second kappa shape index (κ2) is 5.95. The topological polar surface area (TPSA) is 116 Å². The monoisotopic (exact) mass is 341 g/mol. The fourth-order valence-electron chi connectivity index (χ4n) is 2.66. The van der Waals surface area contributed by atoms with Gasteiger partial charge in [-0.05, 0) is 41.5 Å². The SMILES string of the molecule is COc1cc(C=C2C(=O)NC(=O)C2(O)c2ccc(O)cc2)ccc1O. The number of aliphatic hydroxyl groups is 1. The fourth-order valence-corrected chi connectivity index (χ4v) is 2.66. The van der Waals surface area contributed by atoms with Crippen molar-refractivity contribution in [3.05, 3.63) is 59.2 Å². The molecule has 0 bridgehead atoms. The predicted octanol–water partition coefficient (Wildman–Crippen LogP) is 1.03. The predicted molar refractivity (Wildman–Crippen MR) is 87.8 cm³/mol. The van der Waals surface area contributed by atoms with Crippen molar-refractivity contribution < 1.29 is 29.6 Å². The summed E-state index contributed by atoms with van der Waals surface area (Å²) < 4.78 is 5.01. The molecule has 1 aliphatic rings. The number of aromatic hydroxyl groups is 2. The van der Waals surface area contributed by atoms with Gasteiger partial charge in [0.25, 0.3) is 11.8 Å². The van der Waals surface area contributed by atoms with Crippen LogP contribution in [0.3, 0.4) is 0 Å². The zero-order chi connectivity index (χ0) is 18.2. The molecule has 25 heavy (non-hydrogen) atoms. The number of benzene rings is 2. The average molecular weight is 341 g/mol. The van der Waals surface area contributed by atoms with E-state index in [1.165, 1.54) is 55.7 Å². The molecule has 1 unspecified atom stereocenters. The molecule has 1 aliphatic heterocycles. The van der Waals surface area contributed by atoms with E-state index in [0.29, 0.717) is 5.56 Å². The summed E-state index contributed by atoms with van der Waals surface area (Å²) in [5.41, 5.74) is -1.76. The molecule has 4 N–H and O–H groups in total. The van der Waals surface area contributed by atoms with Gasteiger partial charge >= 0.3 is 0 Å². The van der Waals surface area contributed by atoms with Crippen LogP contribution in [0.4, 0.5) is 0 Å². The van der Waals surface area contributed by atoms with E-state index in [1.54, 1.807) is 0 Å². The van der Waals surface area contributed by atoms with Crippen LogP contribution in [0.5, 0.6) is 17.2 Å². The lowest BCUT2D eigenvalue weighted by atomic mass is 9.86. The highest BCUT2D eigenvalue weighted by Gasteiger charge is 2.51. The molecule has 7 nitrogen and oxygen atoms in total. The summed E-state index contributed by atoms with van der Waals surface area (Å²) in [6.07, 6.45) is 1.34. The van der Waals surface area contributed by atoms with Crippen LogP contribution in [0.2, 0.25) is 0 Å². The maximum atomic E-state index is 12.2. The van der Waals surface area contributed by atoms with Crippen LogP contribution in [-0.2, 0) is 15.2 Å². The van der Waals surface area contributed by atoms with Crippen LogP contribution in [0.1, 0.15) is 11.1 Å². The second-order valence-electron chi connectivity index (χ2n) is 5.53. The molecule has 3 rings (SSSR count). The van der Waals surface area contributed by atoms with Crippen LogP contribution in [0, 0.1) is 0 Å². The van der Waals surface area contributed by atoms with Gasteiger partial charge in [0.2, 0.25) is 0 Å². The van der Waals surface area contributed by atoms with Gasteiger partial charge in [0.15, 0.2) is 17.1 Å². The van der Waals surface area contributed by atoms with E-state index in [0.717, 1.165) is 0 Å². The maximum Gasteiger partial charge on any atom is 0.268 e. The third-order valence-corrected chi connectivity index (χ3v) is 3.99. The van der Waals surface area contributed by atoms with Gasteiger partial charge in [0.05, 0.1) is 12.7 Å². The average Bonchev–Trinajstić information content (AvgIpc) is 2.81. The molecule has 2 aromatic rings. The Labute approximate surface area is 142 Å². The van der Waals surface area contributed by atoms with Gasteiger partial charge in [0.1, 0.15) is 5.75 Å². The largest absolute Gasteiger partial charge is 0.508 e. The number of hydrogen-bond acceptors (Lipinski definition) is 6. The minimum Gasteiger partial charge on any atom is -0.508 e. The molecular formula is C18H15NO6. The van der Waals surface area contributed by atoms with E-state index in [4.69, 9.17) is 4.74 Å². The van der Waals surface area contributed by atoms with Crippen molar-refractivity contribution in [1.29, 1.82) is 0 Å². The number of methoxy groups -OCH3 is 1. The van der Waals surface area contributed by atoms with E-state index in [2.05, 4.69) is 5.32 Å². The molecule has 7 heteroatoms. The summed E-state index contributed by atoms with van der Waals surface area (Å²) in [6.45, 7) is 0. The number of hydrogen-bond donors (Lipinski definition) is 4. The molecule has 1 saturated heterocycles. The third-order valence-electron chi connectivity index (χ3n) is 3.99. The van der Waals surface area contributed by atoms with Crippen molar-refractivity contribution in [3.8, 4) is 17.2 Å². The number of carbonyl (C=O) groups excluding carboxylic acids is 2. The lowest BCUT2D eigenvalue weighted by Crippen LogP contribution is -2.36. The number of imide groups is 1. The van der Waals surface area contributed by atoms with Gasteiger partial charge in [-0.25, -0.2) is 0 Å². The van der Waals surface area contributed by atoms with Crippen LogP contribution >= 0.6 is 0 Å². The zero-order valence-electron chi connectivity index (χ0n) is 13.2. The lowest BCUT2D eigenvalue weighted by Gasteiger charge is -2.21. The molecule has 0 aromatic heterocycles. The first kappa shape index (κ1) is 16.5. The summed E-state index contributed by atoms with van der Waals surface area (Å²) in [4.78, 5) is 24.4. The molecule has 0 aliphatic carbocycles. The minimum atomic E-state index is -2.18. The van der Waals surface area contributed by atoms with Gasteiger partial charge in [0, 0.05) is 0 Å². The first-order valence-electron chi connectivity index (χ1n) is 7.33. The first-order chi connectivity index (χ1) is 11.9. The number of phenolic OH excluding ortho intramolecular Hbond substituents is 2. The minimum absolute atomic E-state index is 0.0362. The summed E-state index contributed by atoms with van der Waals surface area (Å²) >= 11 is 0. The van der Waals surface area contributed by atoms with Crippen molar-refractivity contribution in [2.24, 2.45) is 0 Å². The van der Waals surface area contributed by atoms with Gasteiger partial charge in [-0.3, -0.25) is 14.9 Å². The van der Waals surface area contributed by atoms with E-state index in [-0.39, 0.29) is 28.4 Å². The Morgan fingerprint density at radius 1 is 1.08 bits per heavy atom. The Balaban J connectivity index is 2.13. The number of carbonyl (C=O) groups is 2. The van der Waals surface area contributed by atoms with Gasteiger partial charge < -0.3 is 20.1 Å². The first-order valence-corrected chi connectivity index (χ1v) is 7.33. The Morgan fingerprint density at radius 2 is 1.76 bits per heavy atom. The van der Waals surface area contributed by atoms with E-state index in [9.17, 15) is 24.9 Å². The highest BCUT2D eigenvalue weighted by Crippen LogP contribution is 2.37. The summed E-state index contributed by atoms with van der Waals surface area (Å²) in [5.74, 6) is -1.53. The van der Waals surface area contributed by atoms with Crippen LogP contribution in [0.15, 0.2) is 48.0 Å². The molecule has 1 heterocycles. The number of rotatable bonds is 3. The van der Waals surface area contributed by atoms with E-state index in [1.807, 2.05) is 0 Å². The third kappa shape index (κ3) is 2.70. The van der Waals surface area contributed by atoms with Crippen molar-refractivity contribution in [2.75, 3.05) is 7.11 Å². The molecule has 2 amide bonds. The van der Waals surface area contributed by atoms with E-state index >= 15 is 0 Å². The highest BCUT2D eigenvalue weighted by molar-refractivity contribution is 6.21. The Kier molecular flexibility index (Phi) is 3.94. The van der Waals surface area contributed by atoms with Crippen LogP contribution in [-0.4, -0.2) is 34.2 Å². The van der Waals surface area contributed by atoms with Crippen molar-refractivity contribution in [1.82, 2.24) is 5.32 Å². The van der Waals surface area contributed by atoms with Crippen molar-refractivity contribution in [2.45, 2.75) is 5.60 Å². The molecule has 2 aromatic carbocycles. The maximum absolute atomic E-state index is 12.2. The molecule has 1 fully saturated rings. The molecular weight excluding hydrogens is 326 g/mol. The highest BCUT2D eigenvalue weighted by atomic mass is 16.5. The zero-order valence-corrected chi connectivity index (χ0v) is 13.2. The normalized spacial score (nSPS) is 21.4. The van der Waals surface area contributed by atoms with Crippen LogP contribution in [0.25, 0.3) is 6.08 Å². The number of ether oxygens (including phenoxy) is 1. The Hall–Kier alpha value is -3.32. The quantitative estimate of drug-likeness (QED) is 0.490. The number of nitrogens with one attached hydrogen (secondary N) is 1. The number of phenols is 2. The smallest absolute Gasteiger partial charge is 0.268 e. The fraction of sp³-hybridized carbons (Fsp3) is 0.111. The van der Waals surface area contributed by atoms with Gasteiger partial charge in [-0.15, -0.1) is 0 Å². The van der Waals surface area contributed by atoms with Crippen LogP contribution < -0.4 is 10.1 Å². The van der Waals surface area contributed by atoms with Gasteiger partial charge in [-0.2, -0.15) is 0 Å². The molecule has 0 radical (unpaired) electrons. The molecule has 1 atom stereocenters. The second-order valence-corrected chi connectivity index (χ2v) is 5.53. The van der Waals surface area contributed by atoms with Gasteiger partial charge in [-0.1, -0.05) is 18.2 Å².